The van der Waals surface area contributed by atoms with E-state index in [0.717, 1.165) is 33.5 Å². The molecule has 2 aromatic heterocycles. The van der Waals surface area contributed by atoms with Crippen LogP contribution in [0, 0.1) is 5.41 Å². The molecule has 0 saturated heterocycles. The Hall–Kier alpha value is -2.70. The Kier molecular flexibility index (Phi) is 4.59. The number of aliphatic hydroxyl groups is 1. The number of ether oxygens (including phenoxy) is 1. The predicted molar refractivity (Wildman–Crippen MR) is 94.7 cm³/mol. The van der Waals surface area contributed by atoms with Gasteiger partial charge in [-0.3, -0.25) is 4.98 Å². The van der Waals surface area contributed by atoms with E-state index >= 15 is 0 Å². The average Bonchev–Trinajstić information content (AvgIpc) is 3.03. The SMILES string of the molecule is CNc1cc(Cc2cc3nccc(C(O)OC)c3[nH]2)ccc1C=N. The summed E-state index contributed by atoms with van der Waals surface area (Å²) in [5.74, 6) is 0. The Morgan fingerprint density at radius 1 is 1.38 bits per heavy atom. The minimum atomic E-state index is -0.982. The number of anilines is 1. The highest BCUT2D eigenvalue weighted by Crippen LogP contribution is 2.25. The fourth-order valence-corrected chi connectivity index (χ4v) is 2.80. The van der Waals surface area contributed by atoms with E-state index in [9.17, 15) is 5.11 Å². The molecule has 0 amide bonds. The number of hydrogen-bond acceptors (Lipinski definition) is 5. The second-order valence-electron chi connectivity index (χ2n) is 5.54. The van der Waals surface area contributed by atoms with Crippen molar-refractivity contribution in [2.24, 2.45) is 0 Å². The Morgan fingerprint density at radius 2 is 2.21 bits per heavy atom. The molecule has 24 heavy (non-hydrogen) atoms. The summed E-state index contributed by atoms with van der Waals surface area (Å²) < 4.78 is 5.01. The maximum Gasteiger partial charge on any atom is 0.182 e. The van der Waals surface area contributed by atoms with E-state index in [4.69, 9.17) is 10.1 Å². The van der Waals surface area contributed by atoms with Gasteiger partial charge < -0.3 is 25.6 Å². The lowest BCUT2D eigenvalue weighted by atomic mass is 10.1. The highest BCUT2D eigenvalue weighted by atomic mass is 16.6. The highest BCUT2D eigenvalue weighted by Gasteiger charge is 2.13. The van der Waals surface area contributed by atoms with Crippen LogP contribution >= 0.6 is 0 Å². The molecule has 0 radical (unpaired) electrons. The van der Waals surface area contributed by atoms with Crippen molar-refractivity contribution in [3.05, 3.63) is 58.9 Å². The molecular formula is C18H20N4O2. The lowest BCUT2D eigenvalue weighted by Crippen LogP contribution is -2.00. The van der Waals surface area contributed by atoms with Gasteiger partial charge >= 0.3 is 0 Å². The van der Waals surface area contributed by atoms with Crippen LogP contribution in [0.5, 0.6) is 0 Å². The van der Waals surface area contributed by atoms with E-state index in [0.29, 0.717) is 12.0 Å². The Labute approximate surface area is 140 Å². The summed E-state index contributed by atoms with van der Waals surface area (Å²) in [6.45, 7) is 0. The van der Waals surface area contributed by atoms with E-state index in [1.807, 2.05) is 31.3 Å². The van der Waals surface area contributed by atoms with Crippen molar-refractivity contribution in [3.63, 3.8) is 0 Å². The van der Waals surface area contributed by atoms with Gasteiger partial charge in [-0.2, -0.15) is 0 Å². The molecule has 0 aliphatic carbocycles. The number of fused-ring (bicyclic) bond motifs is 1. The number of nitrogens with zero attached hydrogens (tertiary/aromatic N) is 1. The Bertz CT molecular complexity index is 873. The molecule has 0 bridgehead atoms. The first-order chi connectivity index (χ1) is 11.7. The van der Waals surface area contributed by atoms with E-state index in [2.05, 4.69) is 15.3 Å². The van der Waals surface area contributed by atoms with Gasteiger partial charge in [0.05, 0.1) is 11.0 Å². The minimum absolute atomic E-state index is 0.670. The predicted octanol–water partition coefficient (Wildman–Crippen LogP) is 2.83. The molecule has 4 N–H and O–H groups in total. The quantitative estimate of drug-likeness (QED) is 0.414. The first kappa shape index (κ1) is 16.2. The normalized spacial score (nSPS) is 12.3. The fourth-order valence-electron chi connectivity index (χ4n) is 2.80. The van der Waals surface area contributed by atoms with E-state index in [1.165, 1.54) is 13.3 Å². The van der Waals surface area contributed by atoms with Crippen molar-refractivity contribution >= 4 is 22.9 Å². The van der Waals surface area contributed by atoms with Gasteiger partial charge in [-0.25, -0.2) is 0 Å². The molecule has 0 saturated carbocycles. The molecule has 6 heteroatoms. The molecule has 1 atom stereocenters. The second kappa shape index (κ2) is 6.82. The lowest BCUT2D eigenvalue weighted by molar-refractivity contribution is -0.0760. The van der Waals surface area contributed by atoms with Crippen molar-refractivity contribution in [1.29, 1.82) is 5.41 Å². The average molecular weight is 324 g/mol. The number of nitrogens with one attached hydrogen (secondary N) is 3. The lowest BCUT2D eigenvalue weighted by Gasteiger charge is -2.09. The Morgan fingerprint density at radius 3 is 2.92 bits per heavy atom. The summed E-state index contributed by atoms with van der Waals surface area (Å²) in [4.78, 5) is 7.67. The summed E-state index contributed by atoms with van der Waals surface area (Å²) in [7, 11) is 3.31. The van der Waals surface area contributed by atoms with Crippen LogP contribution in [0.1, 0.15) is 28.7 Å². The van der Waals surface area contributed by atoms with Crippen LogP contribution in [0.3, 0.4) is 0 Å². The molecule has 0 fully saturated rings. The van der Waals surface area contributed by atoms with Gasteiger partial charge in [0.1, 0.15) is 0 Å². The third kappa shape index (κ3) is 3.02. The number of hydrogen-bond donors (Lipinski definition) is 4. The van der Waals surface area contributed by atoms with Gasteiger partial charge in [-0.15, -0.1) is 0 Å². The number of aromatic amines is 1. The van der Waals surface area contributed by atoms with Crippen LogP contribution in [0.2, 0.25) is 0 Å². The highest BCUT2D eigenvalue weighted by molar-refractivity contribution is 5.86. The van der Waals surface area contributed by atoms with E-state index in [-0.39, 0.29) is 0 Å². The molecule has 3 aromatic rings. The fraction of sp³-hybridized carbons (Fsp3) is 0.222. The molecule has 6 nitrogen and oxygen atoms in total. The zero-order chi connectivity index (χ0) is 17.1. The van der Waals surface area contributed by atoms with Gasteiger partial charge in [0.15, 0.2) is 6.29 Å². The number of aromatic nitrogens is 2. The van der Waals surface area contributed by atoms with Gasteiger partial charge in [0.25, 0.3) is 0 Å². The first-order valence-electron chi connectivity index (χ1n) is 7.64. The first-order valence-corrected chi connectivity index (χ1v) is 7.64. The van der Waals surface area contributed by atoms with Crippen molar-refractivity contribution in [2.45, 2.75) is 12.7 Å². The van der Waals surface area contributed by atoms with Crippen LogP contribution in [0.15, 0.2) is 36.5 Å². The Balaban J connectivity index is 1.95. The number of rotatable bonds is 6. The summed E-state index contributed by atoms with van der Waals surface area (Å²) >= 11 is 0. The monoisotopic (exact) mass is 324 g/mol. The summed E-state index contributed by atoms with van der Waals surface area (Å²) in [5, 5.41) is 20.5. The van der Waals surface area contributed by atoms with Crippen molar-refractivity contribution in [2.75, 3.05) is 19.5 Å². The largest absolute Gasteiger partial charge is 0.388 e. The third-order valence-electron chi connectivity index (χ3n) is 4.04. The van der Waals surface area contributed by atoms with Gasteiger partial charge in [-0.1, -0.05) is 12.1 Å². The van der Waals surface area contributed by atoms with Crippen molar-refractivity contribution < 1.29 is 9.84 Å². The van der Waals surface area contributed by atoms with Gasteiger partial charge in [0, 0.05) is 55.5 Å². The number of H-pyrrole nitrogens is 1. The minimum Gasteiger partial charge on any atom is -0.388 e. The number of aliphatic hydroxyl groups excluding tert-OH is 1. The number of pyridine rings is 1. The van der Waals surface area contributed by atoms with Crippen molar-refractivity contribution in [1.82, 2.24) is 9.97 Å². The maximum atomic E-state index is 9.95. The van der Waals surface area contributed by atoms with Crippen LogP contribution in [-0.4, -0.2) is 35.4 Å². The maximum absolute atomic E-state index is 9.95. The van der Waals surface area contributed by atoms with Crippen LogP contribution in [0.4, 0.5) is 5.69 Å². The number of benzene rings is 1. The topological polar surface area (TPSA) is 94.0 Å². The van der Waals surface area contributed by atoms with Crippen molar-refractivity contribution in [3.8, 4) is 0 Å². The van der Waals surface area contributed by atoms with Crippen LogP contribution in [0.25, 0.3) is 11.0 Å². The molecule has 3 rings (SSSR count). The number of methoxy groups -OCH3 is 1. The molecule has 1 aromatic carbocycles. The smallest absolute Gasteiger partial charge is 0.182 e. The summed E-state index contributed by atoms with van der Waals surface area (Å²) in [6.07, 6.45) is 2.71. The summed E-state index contributed by atoms with van der Waals surface area (Å²) in [6, 6.07) is 9.68. The molecule has 0 spiro atoms. The molecule has 0 aliphatic heterocycles. The van der Waals surface area contributed by atoms with Crippen LogP contribution in [-0.2, 0) is 11.2 Å². The molecule has 0 aliphatic rings. The van der Waals surface area contributed by atoms with Gasteiger partial charge in [0.2, 0.25) is 0 Å². The molecular weight excluding hydrogens is 304 g/mol. The summed E-state index contributed by atoms with van der Waals surface area (Å²) in [5.41, 5.74) is 6.14. The van der Waals surface area contributed by atoms with E-state index in [1.54, 1.807) is 12.3 Å². The molecule has 124 valence electrons. The van der Waals surface area contributed by atoms with Crippen LogP contribution < -0.4 is 5.32 Å². The standard InChI is InChI=1S/C18H20N4O2/c1-20-15-8-11(3-4-12(15)10-19)7-13-9-16-17(22-13)14(5-6-21-16)18(23)24-2/h3-6,8-10,18-20,22-23H,7H2,1-2H3. The third-order valence-corrected chi connectivity index (χ3v) is 4.04. The van der Waals surface area contributed by atoms with Gasteiger partial charge in [-0.05, 0) is 23.8 Å². The van der Waals surface area contributed by atoms with E-state index < -0.39 is 6.29 Å². The second-order valence-corrected chi connectivity index (χ2v) is 5.54. The molecule has 1 unspecified atom stereocenters. The molecule has 2 heterocycles. The zero-order valence-electron chi connectivity index (χ0n) is 13.6. The zero-order valence-corrected chi connectivity index (χ0v) is 13.6.